The van der Waals surface area contributed by atoms with E-state index in [0.29, 0.717) is 39.0 Å². The summed E-state index contributed by atoms with van der Waals surface area (Å²) in [6.45, 7) is 4.92. The van der Waals surface area contributed by atoms with Crippen molar-refractivity contribution >= 4 is 17.7 Å². The van der Waals surface area contributed by atoms with Crippen molar-refractivity contribution in [3.8, 4) is 0 Å². The second-order valence-electron chi connectivity index (χ2n) is 4.65. The van der Waals surface area contributed by atoms with Crippen molar-refractivity contribution in [1.29, 1.82) is 0 Å². The van der Waals surface area contributed by atoms with Crippen LogP contribution in [0.4, 0.5) is 0 Å². The van der Waals surface area contributed by atoms with Gasteiger partial charge in [-0.3, -0.25) is 19.7 Å². The maximum absolute atomic E-state index is 11.8. The largest absolute Gasteiger partial charge is 0.382 e. The molecule has 0 aromatic rings. The van der Waals surface area contributed by atoms with Crippen LogP contribution < -0.4 is 16.0 Å². The smallest absolute Gasteiger partial charge is 0.315 e. The number of imide groups is 1. The lowest BCUT2D eigenvalue weighted by molar-refractivity contribution is -0.143. The highest BCUT2D eigenvalue weighted by Crippen LogP contribution is 2.10. The Morgan fingerprint density at radius 2 is 1.90 bits per heavy atom. The molecule has 7 nitrogen and oxygen atoms in total. The van der Waals surface area contributed by atoms with Crippen LogP contribution in [0, 0.1) is 5.92 Å². The Morgan fingerprint density at radius 1 is 1.20 bits per heavy atom. The van der Waals surface area contributed by atoms with E-state index in [1.807, 2.05) is 6.92 Å². The maximum atomic E-state index is 11.8. The maximum Gasteiger partial charge on any atom is 0.315 e. The molecule has 3 amide bonds. The first-order valence-electron chi connectivity index (χ1n) is 7.06. The van der Waals surface area contributed by atoms with Gasteiger partial charge in [-0.1, -0.05) is 0 Å². The minimum Gasteiger partial charge on any atom is -0.382 e. The van der Waals surface area contributed by atoms with Gasteiger partial charge in [0.15, 0.2) is 0 Å². The van der Waals surface area contributed by atoms with E-state index in [1.165, 1.54) is 0 Å². The van der Waals surface area contributed by atoms with Crippen LogP contribution in [-0.2, 0) is 19.1 Å². The van der Waals surface area contributed by atoms with Gasteiger partial charge in [0.25, 0.3) is 0 Å². The third-order valence-corrected chi connectivity index (χ3v) is 3.11. The van der Waals surface area contributed by atoms with Crippen LogP contribution in [0.1, 0.15) is 26.2 Å². The molecule has 3 N–H and O–H groups in total. The van der Waals surface area contributed by atoms with Crippen molar-refractivity contribution in [2.45, 2.75) is 26.2 Å². The average Bonchev–Trinajstić information content (AvgIpc) is 2.47. The number of hydrogen-bond donors (Lipinski definition) is 3. The minimum atomic E-state index is -0.884. The minimum absolute atomic E-state index is 0.189. The summed E-state index contributed by atoms with van der Waals surface area (Å²) in [5, 5.41) is 7.74. The van der Waals surface area contributed by atoms with E-state index in [0.717, 1.165) is 13.1 Å². The molecule has 1 rings (SSSR count). The van der Waals surface area contributed by atoms with E-state index < -0.39 is 11.8 Å². The van der Waals surface area contributed by atoms with E-state index in [9.17, 15) is 14.4 Å². The van der Waals surface area contributed by atoms with Crippen molar-refractivity contribution in [2.24, 2.45) is 5.92 Å². The number of hydrogen-bond acceptors (Lipinski definition) is 5. The highest BCUT2D eigenvalue weighted by Gasteiger charge is 2.24. The Bertz CT molecular complexity index is 341. The van der Waals surface area contributed by atoms with Crippen molar-refractivity contribution in [1.82, 2.24) is 16.0 Å². The number of amides is 3. The molecule has 1 saturated heterocycles. The lowest BCUT2D eigenvalue weighted by atomic mass is 9.97. The van der Waals surface area contributed by atoms with Crippen LogP contribution in [-0.4, -0.2) is 50.6 Å². The Balaban J connectivity index is 2.20. The summed E-state index contributed by atoms with van der Waals surface area (Å²) < 4.78 is 5.11. The quantitative estimate of drug-likeness (QED) is 0.437. The summed E-state index contributed by atoms with van der Waals surface area (Å²) in [6, 6.07) is 0. The van der Waals surface area contributed by atoms with E-state index in [2.05, 4.69) is 16.0 Å². The van der Waals surface area contributed by atoms with Crippen molar-refractivity contribution < 1.29 is 19.1 Å². The summed E-state index contributed by atoms with van der Waals surface area (Å²) >= 11 is 0. The molecule has 0 radical (unpaired) electrons. The molecule has 0 bridgehead atoms. The van der Waals surface area contributed by atoms with Gasteiger partial charge < -0.3 is 15.4 Å². The molecular weight excluding hydrogens is 262 g/mol. The van der Waals surface area contributed by atoms with Crippen molar-refractivity contribution in [2.75, 3.05) is 32.8 Å². The first-order valence-corrected chi connectivity index (χ1v) is 7.06. The number of rotatable bonds is 6. The summed E-state index contributed by atoms with van der Waals surface area (Å²) in [5.41, 5.74) is 0. The second-order valence-corrected chi connectivity index (χ2v) is 4.65. The Morgan fingerprint density at radius 3 is 2.55 bits per heavy atom. The fourth-order valence-electron chi connectivity index (χ4n) is 1.96. The highest BCUT2D eigenvalue weighted by atomic mass is 16.5. The normalized spacial score (nSPS) is 15.7. The molecule has 1 fully saturated rings. The predicted octanol–water partition coefficient (Wildman–Crippen LogP) is -0.828. The molecule has 0 unspecified atom stereocenters. The SMILES string of the molecule is CCOCCCNC(=O)C(=O)NC(=O)C1CCNCC1. The van der Waals surface area contributed by atoms with Crippen LogP contribution in [0.5, 0.6) is 0 Å². The van der Waals surface area contributed by atoms with Crippen molar-refractivity contribution in [3.63, 3.8) is 0 Å². The topological polar surface area (TPSA) is 96.5 Å². The summed E-state index contributed by atoms with van der Waals surface area (Å²) in [7, 11) is 0. The number of carbonyl (C=O) groups is 3. The van der Waals surface area contributed by atoms with Crippen LogP contribution in [0.25, 0.3) is 0 Å². The van der Waals surface area contributed by atoms with Gasteiger partial charge in [-0.15, -0.1) is 0 Å². The van der Waals surface area contributed by atoms with Gasteiger partial charge in [0.05, 0.1) is 0 Å². The monoisotopic (exact) mass is 285 g/mol. The van der Waals surface area contributed by atoms with Gasteiger partial charge in [0.1, 0.15) is 0 Å². The van der Waals surface area contributed by atoms with Crippen molar-refractivity contribution in [3.05, 3.63) is 0 Å². The summed E-state index contributed by atoms with van der Waals surface area (Å²) in [5.74, 6) is -2.21. The zero-order valence-electron chi connectivity index (χ0n) is 11.9. The molecule has 0 aromatic heterocycles. The first-order chi connectivity index (χ1) is 9.65. The molecule has 0 saturated carbocycles. The molecule has 20 heavy (non-hydrogen) atoms. The number of piperidine rings is 1. The van der Waals surface area contributed by atoms with Crippen LogP contribution >= 0.6 is 0 Å². The fourth-order valence-corrected chi connectivity index (χ4v) is 1.96. The first kappa shape index (κ1) is 16.6. The third kappa shape index (κ3) is 6.12. The molecule has 7 heteroatoms. The third-order valence-electron chi connectivity index (χ3n) is 3.11. The molecule has 0 aromatic carbocycles. The Labute approximate surface area is 118 Å². The highest BCUT2D eigenvalue weighted by molar-refractivity contribution is 6.37. The van der Waals surface area contributed by atoms with Crippen LogP contribution in [0.15, 0.2) is 0 Å². The van der Waals surface area contributed by atoms with E-state index in [4.69, 9.17) is 4.74 Å². The summed E-state index contributed by atoms with van der Waals surface area (Å²) in [6.07, 6.45) is 2.01. The zero-order valence-corrected chi connectivity index (χ0v) is 11.9. The molecule has 1 heterocycles. The van der Waals surface area contributed by atoms with Gasteiger partial charge in [0, 0.05) is 25.7 Å². The standard InChI is InChI=1S/C13H23N3O4/c1-2-20-9-3-6-15-12(18)13(19)16-11(17)10-4-7-14-8-5-10/h10,14H,2-9H2,1H3,(H,15,18)(H,16,17,19). The molecule has 0 spiro atoms. The van der Waals surface area contributed by atoms with E-state index in [1.54, 1.807) is 0 Å². The number of carbonyl (C=O) groups excluding carboxylic acids is 3. The molecule has 1 aliphatic heterocycles. The second kappa shape index (κ2) is 9.44. The van der Waals surface area contributed by atoms with E-state index in [-0.39, 0.29) is 11.8 Å². The molecule has 1 aliphatic rings. The summed E-state index contributed by atoms with van der Waals surface area (Å²) in [4.78, 5) is 34.8. The lowest BCUT2D eigenvalue weighted by Gasteiger charge is -2.21. The van der Waals surface area contributed by atoms with Crippen LogP contribution in [0.3, 0.4) is 0 Å². The van der Waals surface area contributed by atoms with E-state index >= 15 is 0 Å². The van der Waals surface area contributed by atoms with Crippen LogP contribution in [0.2, 0.25) is 0 Å². The number of ether oxygens (including phenoxy) is 1. The Hall–Kier alpha value is -1.47. The van der Waals surface area contributed by atoms with Gasteiger partial charge in [-0.05, 0) is 39.3 Å². The predicted molar refractivity (Wildman–Crippen MR) is 72.9 cm³/mol. The molecular formula is C13H23N3O4. The van der Waals surface area contributed by atoms with Gasteiger partial charge in [-0.2, -0.15) is 0 Å². The number of nitrogens with one attached hydrogen (secondary N) is 3. The average molecular weight is 285 g/mol. The fraction of sp³-hybridized carbons (Fsp3) is 0.769. The van der Waals surface area contributed by atoms with Gasteiger partial charge >= 0.3 is 11.8 Å². The van der Waals surface area contributed by atoms with Gasteiger partial charge in [-0.25, -0.2) is 0 Å². The molecule has 114 valence electrons. The molecule has 0 atom stereocenters. The zero-order chi connectivity index (χ0) is 14.8. The van der Waals surface area contributed by atoms with Gasteiger partial charge in [0.2, 0.25) is 5.91 Å². The molecule has 0 aliphatic carbocycles. The Kier molecular flexibility index (Phi) is 7.82. The lowest BCUT2D eigenvalue weighted by Crippen LogP contribution is -2.46.